The Morgan fingerprint density at radius 1 is 0.861 bits per heavy atom. The van der Waals surface area contributed by atoms with Gasteiger partial charge in [0.2, 0.25) is 23.6 Å². The Labute approximate surface area is 211 Å². The molecule has 0 bridgehead atoms. The number of carbonyl (C=O) groups excluding carboxylic acids is 4. The number of benzene rings is 1. The Morgan fingerprint density at radius 2 is 1.42 bits per heavy atom. The fourth-order valence-electron chi connectivity index (χ4n) is 3.55. The third-order valence-corrected chi connectivity index (χ3v) is 5.52. The molecule has 1 aromatic rings. The Kier molecular flexibility index (Phi) is 12.6. The van der Waals surface area contributed by atoms with Gasteiger partial charge in [-0.15, -0.1) is 0 Å². The van der Waals surface area contributed by atoms with Gasteiger partial charge in [-0.3, -0.25) is 19.2 Å². The van der Waals surface area contributed by atoms with E-state index in [-0.39, 0.29) is 25.2 Å². The minimum atomic E-state index is -1.25. The zero-order valence-corrected chi connectivity index (χ0v) is 21.3. The average molecular weight is 506 g/mol. The van der Waals surface area contributed by atoms with Crippen LogP contribution in [0.1, 0.15) is 52.5 Å². The standard InChI is InChI=1S/C25H39N5O6/c1-14(2)12-17(26)22(32)29-19(13-16-8-6-5-7-9-16)24(34)28-18(10-11-20(27)31)23(33)30-21(15(3)4)25(35)36/h5-9,14-15,17-19,21H,10-13,26H2,1-4H3,(H2,27,31)(H,28,34)(H,29,32)(H,30,33)(H,35,36). The van der Waals surface area contributed by atoms with Gasteiger partial charge < -0.3 is 32.5 Å². The van der Waals surface area contributed by atoms with Gasteiger partial charge in [0, 0.05) is 12.8 Å². The van der Waals surface area contributed by atoms with Crippen LogP contribution in [0.2, 0.25) is 0 Å². The van der Waals surface area contributed by atoms with Gasteiger partial charge in [0.25, 0.3) is 0 Å². The van der Waals surface area contributed by atoms with E-state index >= 15 is 0 Å². The van der Waals surface area contributed by atoms with Gasteiger partial charge in [-0.05, 0) is 30.2 Å². The summed E-state index contributed by atoms with van der Waals surface area (Å²) < 4.78 is 0. The number of amides is 4. The molecule has 11 nitrogen and oxygen atoms in total. The topological polar surface area (TPSA) is 194 Å². The maximum atomic E-state index is 13.3. The van der Waals surface area contributed by atoms with Crippen LogP contribution in [0.5, 0.6) is 0 Å². The molecule has 4 unspecified atom stereocenters. The molecule has 36 heavy (non-hydrogen) atoms. The van der Waals surface area contributed by atoms with Crippen molar-refractivity contribution in [1.29, 1.82) is 0 Å². The Morgan fingerprint density at radius 3 is 1.92 bits per heavy atom. The number of carboxylic acid groups (broad SMARTS) is 1. The van der Waals surface area contributed by atoms with E-state index in [1.807, 2.05) is 19.9 Å². The normalized spacial score (nSPS) is 14.4. The summed E-state index contributed by atoms with van der Waals surface area (Å²) in [6.07, 6.45) is 0.185. The largest absolute Gasteiger partial charge is 0.480 e. The molecule has 0 radical (unpaired) electrons. The molecule has 1 aromatic carbocycles. The number of carboxylic acids is 1. The Balaban J connectivity index is 3.13. The van der Waals surface area contributed by atoms with Crippen LogP contribution < -0.4 is 27.4 Å². The van der Waals surface area contributed by atoms with E-state index in [1.54, 1.807) is 38.1 Å². The van der Waals surface area contributed by atoms with Crippen LogP contribution in [0.25, 0.3) is 0 Å². The third-order valence-electron chi connectivity index (χ3n) is 5.52. The van der Waals surface area contributed by atoms with Crippen LogP contribution in [-0.2, 0) is 30.4 Å². The highest BCUT2D eigenvalue weighted by Crippen LogP contribution is 2.09. The van der Waals surface area contributed by atoms with Gasteiger partial charge >= 0.3 is 5.97 Å². The van der Waals surface area contributed by atoms with E-state index in [1.165, 1.54) is 0 Å². The highest BCUT2D eigenvalue weighted by molar-refractivity contribution is 5.94. The van der Waals surface area contributed by atoms with Crippen LogP contribution in [0.3, 0.4) is 0 Å². The SMILES string of the molecule is CC(C)CC(N)C(=O)NC(Cc1ccccc1)C(=O)NC(CCC(N)=O)C(=O)NC(C(=O)O)C(C)C. The lowest BCUT2D eigenvalue weighted by atomic mass is 10.0. The summed E-state index contributed by atoms with van der Waals surface area (Å²) >= 11 is 0. The monoisotopic (exact) mass is 505 g/mol. The predicted molar refractivity (Wildman–Crippen MR) is 134 cm³/mol. The molecule has 4 atom stereocenters. The lowest BCUT2D eigenvalue weighted by Crippen LogP contribution is -2.58. The van der Waals surface area contributed by atoms with Crippen molar-refractivity contribution < 1.29 is 29.1 Å². The number of hydrogen-bond donors (Lipinski definition) is 6. The van der Waals surface area contributed by atoms with Gasteiger partial charge in [-0.25, -0.2) is 4.79 Å². The molecule has 4 amide bonds. The van der Waals surface area contributed by atoms with Gasteiger partial charge in [-0.1, -0.05) is 58.0 Å². The maximum Gasteiger partial charge on any atom is 0.326 e. The molecule has 0 aliphatic rings. The molecule has 0 saturated carbocycles. The molecular formula is C25H39N5O6. The summed E-state index contributed by atoms with van der Waals surface area (Å²) in [4.78, 5) is 61.7. The second kappa shape index (κ2) is 14.8. The molecular weight excluding hydrogens is 466 g/mol. The van der Waals surface area contributed by atoms with Gasteiger partial charge in [0.15, 0.2) is 0 Å². The summed E-state index contributed by atoms with van der Waals surface area (Å²) in [7, 11) is 0. The number of rotatable bonds is 15. The van der Waals surface area contributed by atoms with Crippen molar-refractivity contribution in [1.82, 2.24) is 16.0 Å². The summed E-state index contributed by atoms with van der Waals surface area (Å²) in [5.74, 6) is -4.13. The van der Waals surface area contributed by atoms with E-state index in [0.29, 0.717) is 6.42 Å². The molecule has 200 valence electrons. The van der Waals surface area contributed by atoms with Crippen molar-refractivity contribution in [2.45, 2.75) is 77.5 Å². The minimum Gasteiger partial charge on any atom is -0.480 e. The first-order valence-corrected chi connectivity index (χ1v) is 12.0. The fraction of sp³-hybridized carbons (Fsp3) is 0.560. The van der Waals surface area contributed by atoms with Crippen molar-refractivity contribution in [2.24, 2.45) is 23.3 Å². The lowest BCUT2D eigenvalue weighted by molar-refractivity contribution is -0.143. The van der Waals surface area contributed by atoms with Crippen LogP contribution in [-0.4, -0.2) is 58.9 Å². The van der Waals surface area contributed by atoms with Crippen molar-refractivity contribution in [3.8, 4) is 0 Å². The van der Waals surface area contributed by atoms with Crippen LogP contribution >= 0.6 is 0 Å². The summed E-state index contributed by atoms with van der Waals surface area (Å²) in [5.41, 5.74) is 12.0. The molecule has 1 rings (SSSR count). The predicted octanol–water partition coefficient (Wildman–Crippen LogP) is 0.0630. The molecule has 11 heteroatoms. The smallest absolute Gasteiger partial charge is 0.326 e. The van der Waals surface area contributed by atoms with Crippen molar-refractivity contribution in [3.05, 3.63) is 35.9 Å². The Hall–Kier alpha value is -3.47. The van der Waals surface area contributed by atoms with Gasteiger partial charge in [0.05, 0.1) is 6.04 Å². The number of nitrogens with one attached hydrogen (secondary N) is 3. The first kappa shape index (κ1) is 30.6. The number of nitrogens with two attached hydrogens (primary N) is 2. The summed E-state index contributed by atoms with van der Waals surface area (Å²) in [6.45, 7) is 7.10. The quantitative estimate of drug-likeness (QED) is 0.194. The molecule has 0 aliphatic carbocycles. The number of primary amides is 1. The van der Waals surface area contributed by atoms with Crippen molar-refractivity contribution in [3.63, 3.8) is 0 Å². The van der Waals surface area contributed by atoms with E-state index in [4.69, 9.17) is 11.5 Å². The first-order chi connectivity index (χ1) is 16.8. The third kappa shape index (κ3) is 10.9. The zero-order valence-electron chi connectivity index (χ0n) is 21.3. The molecule has 0 aliphatic heterocycles. The average Bonchev–Trinajstić information content (AvgIpc) is 2.78. The Bertz CT molecular complexity index is 905. The second-order valence-electron chi connectivity index (χ2n) is 9.62. The van der Waals surface area contributed by atoms with Crippen molar-refractivity contribution >= 4 is 29.6 Å². The van der Waals surface area contributed by atoms with Crippen LogP contribution in [0.15, 0.2) is 30.3 Å². The number of aliphatic carboxylic acids is 1. The van der Waals surface area contributed by atoms with E-state index in [0.717, 1.165) is 5.56 Å². The highest BCUT2D eigenvalue weighted by Gasteiger charge is 2.31. The summed E-state index contributed by atoms with van der Waals surface area (Å²) in [6, 6.07) is 4.64. The van der Waals surface area contributed by atoms with E-state index in [2.05, 4.69) is 16.0 Å². The molecule has 0 saturated heterocycles. The number of hydrogen-bond acceptors (Lipinski definition) is 6. The molecule has 0 fully saturated rings. The molecule has 8 N–H and O–H groups in total. The van der Waals surface area contributed by atoms with Gasteiger partial charge in [-0.2, -0.15) is 0 Å². The van der Waals surface area contributed by atoms with Crippen LogP contribution in [0.4, 0.5) is 0 Å². The van der Waals surface area contributed by atoms with Crippen LogP contribution in [0, 0.1) is 11.8 Å². The molecule has 0 spiro atoms. The first-order valence-electron chi connectivity index (χ1n) is 12.0. The lowest BCUT2D eigenvalue weighted by Gasteiger charge is -2.26. The van der Waals surface area contributed by atoms with E-state index in [9.17, 15) is 29.1 Å². The molecule has 0 heterocycles. The fourth-order valence-corrected chi connectivity index (χ4v) is 3.55. The maximum absolute atomic E-state index is 13.3. The summed E-state index contributed by atoms with van der Waals surface area (Å²) in [5, 5.41) is 17.0. The highest BCUT2D eigenvalue weighted by atomic mass is 16.4. The zero-order chi connectivity index (χ0) is 27.4. The van der Waals surface area contributed by atoms with E-state index < -0.39 is 59.7 Å². The minimum absolute atomic E-state index is 0.126. The van der Waals surface area contributed by atoms with Gasteiger partial charge in [0.1, 0.15) is 18.1 Å². The second-order valence-corrected chi connectivity index (χ2v) is 9.62. The molecule has 0 aromatic heterocycles. The van der Waals surface area contributed by atoms with Crippen molar-refractivity contribution in [2.75, 3.05) is 0 Å². The number of carbonyl (C=O) groups is 5.